The van der Waals surface area contributed by atoms with Crippen LogP contribution in [-0.2, 0) is 39.1 Å². The van der Waals surface area contributed by atoms with Gasteiger partial charge in [-0.3, -0.25) is 4.79 Å². The zero-order valence-corrected chi connectivity index (χ0v) is 45.4. The minimum atomic E-state index is -3.54. The van der Waals surface area contributed by atoms with Gasteiger partial charge in [0.05, 0.1) is 37.9 Å². The van der Waals surface area contributed by atoms with E-state index in [9.17, 15) is 0 Å². The van der Waals surface area contributed by atoms with Crippen LogP contribution in [0.4, 0.5) is 0 Å². The van der Waals surface area contributed by atoms with Crippen molar-refractivity contribution in [3.8, 4) is 23.0 Å². The zero-order chi connectivity index (χ0) is 48.2. The molecule has 3 aromatic carbocycles. The van der Waals surface area contributed by atoms with Gasteiger partial charge in [-0.15, -0.1) is 0 Å². The van der Waals surface area contributed by atoms with Crippen molar-refractivity contribution in [3.05, 3.63) is 70.3 Å². The predicted molar refractivity (Wildman–Crippen MR) is 260 cm³/mol. The normalized spacial score (nSPS) is 25.5. The summed E-state index contributed by atoms with van der Waals surface area (Å²) in [5.74, 6) is 0.689. The highest BCUT2D eigenvalue weighted by Crippen LogP contribution is 2.64. The number of ketones is 1. The van der Waals surface area contributed by atoms with Crippen molar-refractivity contribution >= 4 is 41.8 Å². The Morgan fingerprint density at radius 3 is 1.94 bits per heavy atom. The average molecular weight is 951 g/mol. The Morgan fingerprint density at radius 2 is 1.42 bits per heavy atom. The smallest absolute Gasteiger partial charge is 0.471 e. The quantitative estimate of drug-likeness (QED) is 0.0922. The highest BCUT2D eigenvalue weighted by molar-refractivity contribution is 6.75. The molecule has 2 saturated heterocycles. The summed E-state index contributed by atoms with van der Waals surface area (Å²) in [4.78, 5) is 15.7. The van der Waals surface area contributed by atoms with E-state index in [4.69, 9.17) is 50.9 Å². The minimum Gasteiger partial charge on any atom is -0.510 e. The summed E-state index contributed by atoms with van der Waals surface area (Å²) in [7, 11) is -1.82. The molecule has 0 saturated carbocycles. The monoisotopic (exact) mass is 950 g/mol. The van der Waals surface area contributed by atoms with Crippen molar-refractivity contribution in [2.75, 3.05) is 28.4 Å². The molecule has 65 heavy (non-hydrogen) atoms. The van der Waals surface area contributed by atoms with Crippen LogP contribution in [0.25, 0.3) is 10.8 Å². The number of hydrogen-bond acceptors (Lipinski definition) is 12. The van der Waals surface area contributed by atoms with Crippen LogP contribution >= 0.6 is 0 Å². The van der Waals surface area contributed by atoms with E-state index in [0.29, 0.717) is 45.8 Å². The van der Waals surface area contributed by atoms with Gasteiger partial charge in [0.15, 0.2) is 22.4 Å². The minimum absolute atomic E-state index is 0.161. The maximum atomic E-state index is 15.7. The first-order valence-corrected chi connectivity index (χ1v) is 31.0. The molecule has 2 bridgehead atoms. The van der Waals surface area contributed by atoms with Crippen LogP contribution in [0, 0.1) is 6.92 Å². The second-order valence-electron chi connectivity index (χ2n) is 22.7. The lowest BCUT2D eigenvalue weighted by Crippen LogP contribution is -2.63. The van der Waals surface area contributed by atoms with Crippen LogP contribution in [0.5, 0.6) is 23.0 Å². The van der Waals surface area contributed by atoms with Crippen molar-refractivity contribution in [1.29, 1.82) is 0 Å². The second-order valence-corrected chi connectivity index (χ2v) is 36.6. The molecule has 0 N–H and O–H groups in total. The summed E-state index contributed by atoms with van der Waals surface area (Å²) >= 11 is 0. The Morgan fingerprint density at radius 1 is 0.815 bits per heavy atom. The van der Waals surface area contributed by atoms with Gasteiger partial charge in [0, 0.05) is 52.8 Å². The Hall–Kier alpha value is -3.10. The number of aryl methyl sites for hydroxylation is 1. The lowest BCUT2D eigenvalue weighted by atomic mass is 9.81. The summed E-state index contributed by atoms with van der Waals surface area (Å²) in [5, 5.41) is 0.154. The van der Waals surface area contributed by atoms with Crippen LogP contribution in [0.1, 0.15) is 114 Å². The predicted octanol–water partition coefficient (Wildman–Crippen LogP) is 11.8. The van der Waals surface area contributed by atoms with E-state index in [1.54, 1.807) is 28.4 Å². The van der Waals surface area contributed by atoms with E-state index in [1.165, 1.54) is 0 Å². The topological polar surface area (TPSA) is 119 Å². The lowest BCUT2D eigenvalue weighted by Gasteiger charge is -2.52. The van der Waals surface area contributed by atoms with E-state index < -0.39 is 77.9 Å². The summed E-state index contributed by atoms with van der Waals surface area (Å²) in [6.45, 7) is 37.2. The molecule has 7 rings (SSSR count). The Bertz CT molecular complexity index is 2320. The maximum Gasteiger partial charge on any atom is 0.471 e. The van der Waals surface area contributed by atoms with Gasteiger partial charge in [-0.2, -0.15) is 0 Å². The van der Waals surface area contributed by atoms with Crippen molar-refractivity contribution in [3.63, 3.8) is 0 Å². The Labute approximate surface area is 390 Å². The van der Waals surface area contributed by atoms with Gasteiger partial charge in [-0.1, -0.05) is 81.0 Å². The van der Waals surface area contributed by atoms with Crippen LogP contribution < -0.4 is 18.3 Å². The van der Waals surface area contributed by atoms with Gasteiger partial charge in [-0.05, 0) is 74.0 Å². The zero-order valence-electron chi connectivity index (χ0n) is 42.4. The van der Waals surface area contributed by atoms with Gasteiger partial charge in [0.2, 0.25) is 12.1 Å². The van der Waals surface area contributed by atoms with Crippen LogP contribution in [0.15, 0.2) is 42.5 Å². The molecule has 0 unspecified atom stereocenters. The van der Waals surface area contributed by atoms with Crippen molar-refractivity contribution in [2.24, 2.45) is 0 Å². The fraction of sp³-hybridized carbons (Fsp3) is 0.620. The molecule has 0 radical (unpaired) electrons. The molecule has 358 valence electrons. The highest BCUT2D eigenvalue weighted by Gasteiger charge is 2.69. The third-order valence-electron chi connectivity index (χ3n) is 14.1. The first-order valence-electron chi connectivity index (χ1n) is 22.8. The van der Waals surface area contributed by atoms with Crippen LogP contribution in [-0.4, -0.2) is 89.8 Å². The molecular weight excluding hydrogens is 877 g/mol. The van der Waals surface area contributed by atoms with E-state index in [1.807, 2.05) is 24.3 Å². The fourth-order valence-electron chi connectivity index (χ4n) is 10.1. The number of carbonyl (C=O) groups excluding carboxylic acids is 1. The summed E-state index contributed by atoms with van der Waals surface area (Å²) in [6.07, 6.45) is -3.93. The third-order valence-corrected chi connectivity index (χ3v) is 24.4. The highest BCUT2D eigenvalue weighted by atomic mass is 28.4. The molecule has 12 nitrogen and oxygen atoms in total. The van der Waals surface area contributed by atoms with Gasteiger partial charge in [0.1, 0.15) is 47.4 Å². The maximum absolute atomic E-state index is 15.7. The number of fused-ring (bicyclic) bond motifs is 4. The average Bonchev–Trinajstić information content (AvgIpc) is 3.70. The first kappa shape index (κ1) is 49.8. The van der Waals surface area contributed by atoms with E-state index in [2.05, 4.69) is 115 Å². The van der Waals surface area contributed by atoms with Crippen molar-refractivity contribution in [2.45, 2.75) is 173 Å². The Kier molecular flexibility index (Phi) is 12.9. The molecular formula is C50H74O12Si3. The number of rotatable bonds is 13. The lowest BCUT2D eigenvalue weighted by molar-refractivity contribution is -0.282. The number of methoxy groups -OCH3 is 4. The standard InChI is InChI=1S/C50H74O12Si3/c1-28-25-32-36-42(35(28)44-45-40(60-63(16,17)18)29(2)50(57-44,58-45)46(54-14)55-15)61-65(48(6,7)8,49(9,10)11)62-43(36)38-37(41(32)53-13)33(56-27-30-21-23-31(52-12)24-22-30)26-34(39(38)51)59-64(19,20)47(3,4)5/h21-25,33-34,40,44-46H,2,26-27H2,1,3-20H3/t33-,34-,40-,44-,45+,50+/m0/s1. The molecule has 0 amide bonds. The summed E-state index contributed by atoms with van der Waals surface area (Å²) < 4.78 is 74.1. The van der Waals surface area contributed by atoms with Gasteiger partial charge < -0.3 is 50.9 Å². The molecule has 3 heterocycles. The van der Waals surface area contributed by atoms with E-state index >= 15 is 4.79 Å². The molecule has 3 aliphatic heterocycles. The van der Waals surface area contributed by atoms with Crippen molar-refractivity contribution < 1.29 is 55.7 Å². The molecule has 0 aromatic heterocycles. The van der Waals surface area contributed by atoms with E-state index in [0.717, 1.165) is 27.8 Å². The number of ether oxygens (including phenoxy) is 7. The van der Waals surface area contributed by atoms with E-state index in [-0.39, 0.29) is 17.4 Å². The first-order chi connectivity index (χ1) is 30.0. The molecule has 4 aliphatic rings. The number of Topliss-reactive ketones (excluding diaryl/α,β-unsaturated/α-hetero) is 1. The summed E-state index contributed by atoms with van der Waals surface area (Å²) in [5.41, 5.74) is 4.27. The van der Waals surface area contributed by atoms with Crippen molar-refractivity contribution in [1.82, 2.24) is 0 Å². The van der Waals surface area contributed by atoms with Gasteiger partial charge in [0.25, 0.3) is 0 Å². The number of hydrogen-bond donors (Lipinski definition) is 0. The molecule has 1 aliphatic carbocycles. The molecule has 3 aromatic rings. The van der Waals surface area contributed by atoms with Gasteiger partial charge in [-0.25, -0.2) is 0 Å². The van der Waals surface area contributed by atoms with Gasteiger partial charge >= 0.3 is 8.56 Å². The molecule has 15 heteroatoms. The van der Waals surface area contributed by atoms with Crippen LogP contribution in [0.3, 0.4) is 0 Å². The summed E-state index contributed by atoms with van der Waals surface area (Å²) in [6, 6.07) is 9.91. The Balaban J connectivity index is 1.55. The fourth-order valence-corrected chi connectivity index (χ4v) is 16.9. The second kappa shape index (κ2) is 16.8. The number of carbonyl (C=O) groups is 1. The molecule has 0 spiro atoms. The number of benzene rings is 3. The largest absolute Gasteiger partial charge is 0.510 e. The molecule has 6 atom stereocenters. The third kappa shape index (κ3) is 8.16. The van der Waals surface area contributed by atoms with Crippen LogP contribution in [0.2, 0.25) is 47.8 Å². The SMILES string of the molecule is C=C1[C@H](O[Si](C)(C)C)[C@H]2O[C@]1(C(OC)OC)O[C@H]2c1c(C)cc2c(OC)c3c(c4c2c1O[Si](C(C)(C)C)(C(C)(C)C)O4)C(=O)[C@@H](O[Si](C)(C)C(C)(C)C)C[C@@H]3OCc1ccc(OC)cc1. The molecule has 2 fully saturated rings.